The average Bonchev–Trinajstić information content (AvgIpc) is 3.78. The Morgan fingerprint density at radius 1 is 0.745 bits per heavy atom. The van der Waals surface area contributed by atoms with E-state index in [0.717, 1.165) is 36.9 Å². The van der Waals surface area contributed by atoms with Crippen LogP contribution in [0.2, 0.25) is 0 Å². The van der Waals surface area contributed by atoms with Crippen molar-refractivity contribution in [1.29, 1.82) is 0 Å². The summed E-state index contributed by atoms with van der Waals surface area (Å²) < 4.78 is 64.0. The van der Waals surface area contributed by atoms with Crippen LogP contribution < -0.4 is 0 Å². The lowest BCUT2D eigenvalue weighted by atomic mass is 9.82. The molecule has 2 aliphatic rings. The molecule has 4 unspecified atom stereocenters. The van der Waals surface area contributed by atoms with Crippen LogP contribution in [-0.2, 0) is 47.5 Å². The summed E-state index contributed by atoms with van der Waals surface area (Å²) in [6.45, 7) is 26.5. The van der Waals surface area contributed by atoms with Crippen LogP contribution >= 0.6 is 0 Å². The van der Waals surface area contributed by atoms with Gasteiger partial charge in [-0.15, -0.1) is 6.58 Å². The van der Waals surface area contributed by atoms with E-state index in [1.54, 1.807) is 62.1 Å². The number of ether oxygens (including phenoxy) is 7. The van der Waals surface area contributed by atoms with Crippen LogP contribution in [0.1, 0.15) is 45.6 Å². The fourth-order valence-corrected chi connectivity index (χ4v) is 4.07. The van der Waals surface area contributed by atoms with Crippen LogP contribution in [0, 0.1) is 23.7 Å². The first-order chi connectivity index (χ1) is 25.8. The largest absolute Gasteiger partial charge is 0.505 e. The summed E-state index contributed by atoms with van der Waals surface area (Å²) >= 11 is 0. The molecule has 2 bridgehead atoms. The second-order valence-corrected chi connectivity index (χ2v) is 11.1. The zero-order valence-electron chi connectivity index (χ0n) is 35.3. The molecule has 13 heteroatoms. The first kappa shape index (κ1) is 62.5. The van der Waals surface area contributed by atoms with Crippen molar-refractivity contribution < 1.29 is 60.7 Å². The fraction of sp³-hybridized carbons (Fsp3) is 0.500. The number of rotatable bonds is 7. The maximum absolute atomic E-state index is 11.5. The molecule has 2 fully saturated rings. The van der Waals surface area contributed by atoms with Crippen LogP contribution in [0.4, 0.5) is 13.2 Å². The van der Waals surface area contributed by atoms with Crippen molar-refractivity contribution in [3.63, 3.8) is 0 Å². The molecule has 0 amide bonds. The Bertz CT molecular complexity index is 1130. The van der Waals surface area contributed by atoms with Gasteiger partial charge in [0.1, 0.15) is 5.57 Å². The molecule has 1 aromatic carbocycles. The van der Waals surface area contributed by atoms with E-state index < -0.39 is 23.7 Å². The Morgan fingerprint density at radius 2 is 1.15 bits per heavy atom. The first-order valence-electron chi connectivity index (χ1n) is 16.8. The van der Waals surface area contributed by atoms with Crippen molar-refractivity contribution in [3.05, 3.63) is 105 Å². The number of methoxy groups -OCH3 is 7. The minimum atomic E-state index is -4.69. The van der Waals surface area contributed by atoms with E-state index in [4.69, 9.17) is 0 Å². The van der Waals surface area contributed by atoms with Gasteiger partial charge in [-0.1, -0.05) is 89.2 Å². The molecule has 0 aliphatic heterocycles. The number of fused-ring (bicyclic) bond motifs is 2. The SMILES string of the molecule is C=C(C(=O)OC)C(F)(F)F.C=C(C)C(=O)OC.C=CC(=O)OC.C=CCOC.C=COC.C=Cc1ccccc1.CC1C2CCC(C2)C1C.COC.COC. The van der Waals surface area contributed by atoms with E-state index in [1.165, 1.54) is 38.9 Å². The number of carbonyl (C=O) groups is 3. The molecule has 2 aliphatic carbocycles. The summed E-state index contributed by atoms with van der Waals surface area (Å²) in [6, 6.07) is 10.0. The van der Waals surface area contributed by atoms with Crippen LogP contribution in [0.5, 0.6) is 0 Å². The highest BCUT2D eigenvalue weighted by molar-refractivity contribution is 5.89. The number of halogens is 3. The highest BCUT2D eigenvalue weighted by Gasteiger charge is 2.42. The molecule has 318 valence electrons. The Balaban J connectivity index is -0.000000126. The summed E-state index contributed by atoms with van der Waals surface area (Å²) in [4.78, 5) is 30.1. The molecular weight excluding hydrogens is 721 g/mol. The molecule has 0 radical (unpaired) electrons. The molecule has 0 saturated heterocycles. The van der Waals surface area contributed by atoms with Crippen molar-refractivity contribution in [2.45, 2.75) is 46.2 Å². The molecule has 0 N–H and O–H groups in total. The molecule has 1 aromatic rings. The molecule has 0 heterocycles. The lowest BCUT2D eigenvalue weighted by molar-refractivity contribution is -0.148. The van der Waals surface area contributed by atoms with Crippen molar-refractivity contribution in [1.82, 2.24) is 0 Å². The molecule has 0 aromatic heterocycles. The van der Waals surface area contributed by atoms with E-state index >= 15 is 0 Å². The molecule has 4 atom stereocenters. The second-order valence-electron chi connectivity index (χ2n) is 11.1. The van der Waals surface area contributed by atoms with Crippen LogP contribution in [0.3, 0.4) is 0 Å². The van der Waals surface area contributed by atoms with Crippen molar-refractivity contribution in [2.75, 3.05) is 70.6 Å². The first-order valence-corrected chi connectivity index (χ1v) is 16.8. The third kappa shape index (κ3) is 42.1. The fourth-order valence-electron chi connectivity index (χ4n) is 4.07. The van der Waals surface area contributed by atoms with Crippen molar-refractivity contribution in [3.8, 4) is 0 Å². The van der Waals surface area contributed by atoms with E-state index in [9.17, 15) is 27.6 Å². The number of hydrogen-bond donors (Lipinski definition) is 0. The third-order valence-corrected chi connectivity index (χ3v) is 6.99. The predicted octanol–water partition coefficient (Wildman–Crippen LogP) is 9.50. The lowest BCUT2D eigenvalue weighted by Gasteiger charge is -2.24. The molecule has 0 spiro atoms. The average molecular weight is 791 g/mol. The van der Waals surface area contributed by atoms with Gasteiger partial charge in [-0.3, -0.25) is 0 Å². The Hall–Kier alpha value is -4.46. The minimum absolute atomic E-state index is 0.347. The second kappa shape index (κ2) is 43.9. The van der Waals surface area contributed by atoms with Gasteiger partial charge in [0.25, 0.3) is 0 Å². The maximum atomic E-state index is 11.5. The van der Waals surface area contributed by atoms with Crippen molar-refractivity contribution in [2.24, 2.45) is 23.7 Å². The minimum Gasteiger partial charge on any atom is -0.505 e. The highest BCUT2D eigenvalue weighted by Crippen LogP contribution is 2.51. The standard InChI is InChI=1S/C9H16.C8H8.C5H5F3O2.C5H8O2.C4H6O2.C4H8O.C3H6O.2C2H6O/c1-6-7(2)9-4-3-8(6)5-9;1-2-8-6-4-3-5-7-8;1-3(4(9)10-2)5(6,7)8;1-4(2)5(6)7-3;1-3-4(5)6-2;1-3-4-5-2;1-3-4-2;2*1-3-2/h6-9H,3-5H2,1-2H3;2-7H,1H2;1H2,2H3;1H2,2-3H3;3H,1H2,2H3;3H,1,4H2,2H3;3H,1H2,2H3;2*1-2H3. The zero-order valence-corrected chi connectivity index (χ0v) is 35.3. The van der Waals surface area contributed by atoms with Gasteiger partial charge in [0.15, 0.2) is 0 Å². The lowest BCUT2D eigenvalue weighted by Crippen LogP contribution is -2.19. The van der Waals surface area contributed by atoms with Gasteiger partial charge >= 0.3 is 24.1 Å². The Kier molecular flexibility index (Phi) is 50.0. The molecule has 3 rings (SSSR count). The third-order valence-electron chi connectivity index (χ3n) is 6.99. The van der Waals surface area contributed by atoms with E-state index in [1.807, 2.05) is 36.4 Å². The molecule has 10 nitrogen and oxygen atoms in total. The van der Waals surface area contributed by atoms with E-state index in [-0.39, 0.29) is 5.97 Å². The normalized spacial score (nSPS) is 15.9. The summed E-state index contributed by atoms with van der Waals surface area (Å²) in [5.74, 6) is 2.13. The highest BCUT2D eigenvalue weighted by atomic mass is 19.4. The Labute approximate surface area is 329 Å². The zero-order chi connectivity index (χ0) is 44.4. The van der Waals surface area contributed by atoms with Gasteiger partial charge in [-0.2, -0.15) is 13.2 Å². The van der Waals surface area contributed by atoms with Gasteiger partial charge in [-0.05, 0) is 55.4 Å². The van der Waals surface area contributed by atoms with Gasteiger partial charge in [-0.25, -0.2) is 14.4 Å². The Morgan fingerprint density at radius 3 is 1.25 bits per heavy atom. The van der Waals surface area contributed by atoms with Crippen LogP contribution in [0.15, 0.2) is 99.4 Å². The summed E-state index contributed by atoms with van der Waals surface area (Å²) in [5, 5.41) is 0. The summed E-state index contributed by atoms with van der Waals surface area (Å²) in [5.41, 5.74) is 0.116. The summed E-state index contributed by atoms with van der Waals surface area (Å²) in [6.07, 6.45) is 5.97. The number of esters is 3. The number of alkyl halides is 3. The number of carbonyl (C=O) groups excluding carboxylic acids is 3. The smallest absolute Gasteiger partial charge is 0.422 e. The topological polar surface area (TPSA) is 116 Å². The van der Waals surface area contributed by atoms with Crippen LogP contribution in [-0.4, -0.2) is 94.7 Å². The quantitative estimate of drug-likeness (QED) is 0.0870. The van der Waals surface area contributed by atoms with Gasteiger partial charge in [0.05, 0.1) is 41.3 Å². The van der Waals surface area contributed by atoms with E-state index in [0.29, 0.717) is 12.2 Å². The number of benzene rings is 1. The molecular formula is C42H69F3O10. The monoisotopic (exact) mass is 790 g/mol. The van der Waals surface area contributed by atoms with Gasteiger partial charge in [0, 0.05) is 47.2 Å². The predicted molar refractivity (Wildman–Crippen MR) is 217 cm³/mol. The van der Waals surface area contributed by atoms with Gasteiger partial charge in [0.2, 0.25) is 0 Å². The number of hydrogen-bond acceptors (Lipinski definition) is 10. The van der Waals surface area contributed by atoms with E-state index in [2.05, 4.69) is 86.5 Å². The molecule has 2 saturated carbocycles. The van der Waals surface area contributed by atoms with Gasteiger partial charge < -0.3 is 33.2 Å². The van der Waals surface area contributed by atoms with Crippen LogP contribution in [0.25, 0.3) is 6.08 Å². The van der Waals surface area contributed by atoms with Crippen molar-refractivity contribution >= 4 is 24.0 Å². The summed E-state index contributed by atoms with van der Waals surface area (Å²) in [7, 11) is 13.2. The molecule has 55 heavy (non-hydrogen) atoms. The maximum Gasteiger partial charge on any atom is 0.422 e.